The van der Waals surface area contributed by atoms with Gasteiger partial charge in [-0.2, -0.15) is 0 Å². The third-order valence-corrected chi connectivity index (χ3v) is 8.78. The molecule has 1 aliphatic carbocycles. The minimum Gasteiger partial charge on any atom is -0.243 e. The highest BCUT2D eigenvalue weighted by molar-refractivity contribution is 9.08. The number of benzene rings is 4. The highest BCUT2D eigenvalue weighted by atomic mass is 79.9. The quantitative estimate of drug-likeness (QED) is 0.0958. The monoisotopic (exact) mass is 742 g/mol. The number of halogens is 8. The van der Waals surface area contributed by atoms with E-state index in [1.807, 2.05) is 54.6 Å². The van der Waals surface area contributed by atoms with Crippen LogP contribution in [-0.2, 0) is 10.7 Å². The van der Waals surface area contributed by atoms with Crippen LogP contribution < -0.4 is 0 Å². The zero-order valence-electron chi connectivity index (χ0n) is 24.0. The smallest absolute Gasteiger partial charge is 0.194 e. The molecule has 0 aromatic heterocycles. The van der Waals surface area contributed by atoms with Crippen LogP contribution in [0.5, 0.6) is 0 Å². The molecule has 45 heavy (non-hydrogen) atoms. The molecular formula is C37H26Br2F6. The van der Waals surface area contributed by atoms with E-state index in [0.717, 1.165) is 56.5 Å². The van der Waals surface area contributed by atoms with Crippen molar-refractivity contribution in [1.82, 2.24) is 0 Å². The molecule has 0 amide bonds. The SMILES string of the molecule is C=C(F)/C(F)=C\C(=C/C(C)F)c1cc2ccccc2c(-c2c(CBr)c(C3=CC(F)=C(F)C(F)=CC3)cc3ccccc23)c1CBr. The maximum atomic E-state index is 14.8. The van der Waals surface area contributed by atoms with Gasteiger partial charge >= 0.3 is 0 Å². The van der Waals surface area contributed by atoms with Crippen molar-refractivity contribution in [3.05, 3.63) is 143 Å². The summed E-state index contributed by atoms with van der Waals surface area (Å²) >= 11 is 7.24. The predicted octanol–water partition coefficient (Wildman–Crippen LogP) is 13.3. The van der Waals surface area contributed by atoms with Crippen molar-refractivity contribution in [2.24, 2.45) is 0 Å². The summed E-state index contributed by atoms with van der Waals surface area (Å²) in [7, 11) is 0. The Kier molecular flexibility index (Phi) is 10.0. The van der Waals surface area contributed by atoms with Crippen LogP contribution in [0, 0.1) is 0 Å². The third-order valence-electron chi connectivity index (χ3n) is 7.66. The minimum atomic E-state index is -1.55. The maximum Gasteiger partial charge on any atom is 0.194 e. The van der Waals surface area contributed by atoms with Crippen molar-refractivity contribution in [2.45, 2.75) is 30.2 Å². The van der Waals surface area contributed by atoms with Gasteiger partial charge in [-0.15, -0.1) is 0 Å². The molecule has 1 aliphatic rings. The number of alkyl halides is 3. The largest absolute Gasteiger partial charge is 0.243 e. The first-order valence-corrected chi connectivity index (χ1v) is 16.2. The lowest BCUT2D eigenvalue weighted by atomic mass is 9.81. The summed E-state index contributed by atoms with van der Waals surface area (Å²) < 4.78 is 86.2. The standard InChI is InChI=1S/C37H26Br2F6/c1-20(40)13-25(17-33(43)21(2)41)29-15-23-8-4-6-10-27(23)36(31(29)19-39)35-26-9-5-3-7-22(26)14-28(30(35)18-38)24-11-12-32(42)37(45)34(44)16-24/h3-10,12-17,20H,2,11,18-19H2,1H3/b25-13+,33-17+. The second-order valence-corrected chi connectivity index (χ2v) is 11.7. The van der Waals surface area contributed by atoms with E-state index in [9.17, 15) is 26.3 Å². The van der Waals surface area contributed by atoms with Gasteiger partial charge in [0.1, 0.15) is 6.17 Å². The fourth-order valence-electron chi connectivity index (χ4n) is 5.72. The second-order valence-electron chi connectivity index (χ2n) is 10.5. The molecule has 0 fully saturated rings. The van der Waals surface area contributed by atoms with E-state index in [1.54, 1.807) is 6.07 Å². The van der Waals surface area contributed by atoms with Gasteiger partial charge in [-0.3, -0.25) is 0 Å². The van der Waals surface area contributed by atoms with Crippen molar-refractivity contribution in [2.75, 3.05) is 0 Å². The molecule has 4 aromatic carbocycles. The molecule has 0 saturated carbocycles. The third kappa shape index (κ3) is 6.54. The Balaban J connectivity index is 1.97. The van der Waals surface area contributed by atoms with E-state index in [4.69, 9.17) is 0 Å². The maximum absolute atomic E-state index is 14.8. The summed E-state index contributed by atoms with van der Waals surface area (Å²) in [5.41, 5.74) is 4.40. The summed E-state index contributed by atoms with van der Waals surface area (Å²) in [5, 5.41) is 3.72. The van der Waals surface area contributed by atoms with Crippen molar-refractivity contribution in [3.63, 3.8) is 0 Å². The summed E-state index contributed by atoms with van der Waals surface area (Å²) in [5.74, 6) is -6.64. The van der Waals surface area contributed by atoms with Gasteiger partial charge in [0, 0.05) is 10.7 Å². The Morgan fingerprint density at radius 2 is 1.47 bits per heavy atom. The lowest BCUT2D eigenvalue weighted by Crippen LogP contribution is -2.03. The molecule has 1 atom stereocenters. The van der Waals surface area contributed by atoms with Crippen LogP contribution >= 0.6 is 31.9 Å². The molecule has 0 N–H and O–H groups in total. The average Bonchev–Trinajstić information content (AvgIpc) is 3.15. The molecule has 4 aromatic rings. The van der Waals surface area contributed by atoms with Crippen LogP contribution in [0.3, 0.4) is 0 Å². The molecule has 0 saturated heterocycles. The first kappa shape index (κ1) is 32.8. The van der Waals surface area contributed by atoms with Crippen LogP contribution in [0.4, 0.5) is 26.3 Å². The number of hydrogen-bond donors (Lipinski definition) is 0. The van der Waals surface area contributed by atoms with E-state index < -0.39 is 35.3 Å². The molecule has 5 rings (SSSR count). The zero-order valence-corrected chi connectivity index (χ0v) is 27.2. The van der Waals surface area contributed by atoms with Gasteiger partial charge in [-0.1, -0.05) is 87.0 Å². The zero-order chi connectivity index (χ0) is 32.4. The second kappa shape index (κ2) is 13.8. The molecule has 8 heteroatoms. The first-order valence-electron chi connectivity index (χ1n) is 14.0. The molecule has 0 nitrogen and oxygen atoms in total. The van der Waals surface area contributed by atoms with Gasteiger partial charge in [0.05, 0.1) is 0 Å². The Morgan fingerprint density at radius 3 is 2.04 bits per heavy atom. The number of rotatable bonds is 8. The lowest BCUT2D eigenvalue weighted by molar-refractivity contribution is 0.431. The van der Waals surface area contributed by atoms with E-state index >= 15 is 0 Å². The van der Waals surface area contributed by atoms with Crippen LogP contribution in [-0.4, -0.2) is 6.17 Å². The Hall–Kier alpha value is -3.62. The molecular weight excluding hydrogens is 718 g/mol. The van der Waals surface area contributed by atoms with Gasteiger partial charge in [0.25, 0.3) is 0 Å². The van der Waals surface area contributed by atoms with E-state index in [2.05, 4.69) is 38.4 Å². The fraction of sp³-hybridized carbons (Fsp3) is 0.135. The van der Waals surface area contributed by atoms with Crippen molar-refractivity contribution in [3.8, 4) is 11.1 Å². The Bertz CT molecular complexity index is 2000. The Labute approximate surface area is 274 Å². The minimum absolute atomic E-state index is 0.0605. The molecule has 0 bridgehead atoms. The van der Waals surface area contributed by atoms with E-state index in [-0.39, 0.29) is 22.7 Å². The highest BCUT2D eigenvalue weighted by Gasteiger charge is 2.25. The van der Waals surface area contributed by atoms with Crippen LogP contribution in [0.25, 0.3) is 43.8 Å². The predicted molar refractivity (Wildman–Crippen MR) is 181 cm³/mol. The van der Waals surface area contributed by atoms with Crippen molar-refractivity contribution < 1.29 is 26.3 Å². The van der Waals surface area contributed by atoms with Gasteiger partial charge in [-0.25, -0.2) is 26.3 Å². The highest BCUT2D eigenvalue weighted by Crippen LogP contribution is 2.47. The van der Waals surface area contributed by atoms with Gasteiger partial charge in [-0.05, 0) is 116 Å². The fourth-order valence-corrected chi connectivity index (χ4v) is 6.88. The topological polar surface area (TPSA) is 0 Å². The lowest BCUT2D eigenvalue weighted by Gasteiger charge is -2.24. The Morgan fingerprint density at radius 1 is 0.889 bits per heavy atom. The number of hydrogen-bond acceptors (Lipinski definition) is 0. The summed E-state index contributed by atoms with van der Waals surface area (Å²) in [6.45, 7) is 4.33. The molecule has 0 radical (unpaired) electrons. The summed E-state index contributed by atoms with van der Waals surface area (Å²) in [4.78, 5) is 0. The molecule has 1 unspecified atom stereocenters. The van der Waals surface area contributed by atoms with E-state index in [1.165, 1.54) is 13.0 Å². The first-order chi connectivity index (χ1) is 21.5. The molecule has 0 aliphatic heterocycles. The van der Waals surface area contributed by atoms with Gasteiger partial charge < -0.3 is 0 Å². The number of fused-ring (bicyclic) bond motifs is 2. The van der Waals surface area contributed by atoms with E-state index in [0.29, 0.717) is 22.3 Å². The summed E-state index contributed by atoms with van der Waals surface area (Å²) in [6, 6.07) is 18.7. The van der Waals surface area contributed by atoms with Crippen molar-refractivity contribution in [1.29, 1.82) is 0 Å². The molecule has 0 heterocycles. The van der Waals surface area contributed by atoms with Crippen molar-refractivity contribution >= 4 is 64.6 Å². The van der Waals surface area contributed by atoms with Gasteiger partial charge in [0.2, 0.25) is 0 Å². The van der Waals surface area contributed by atoms with Crippen LogP contribution in [0.2, 0.25) is 0 Å². The normalized spacial score (nSPS) is 15.3. The van der Waals surface area contributed by atoms with Gasteiger partial charge in [0.15, 0.2) is 29.1 Å². The number of allylic oxidation sites excluding steroid dienone is 11. The average molecular weight is 744 g/mol. The van der Waals surface area contributed by atoms with Crippen LogP contribution in [0.15, 0.2) is 121 Å². The van der Waals surface area contributed by atoms with Crippen LogP contribution in [0.1, 0.15) is 35.6 Å². The molecule has 0 spiro atoms. The summed E-state index contributed by atoms with van der Waals surface area (Å²) in [6.07, 6.45) is 2.61. The molecule has 230 valence electrons.